The van der Waals surface area contributed by atoms with Gasteiger partial charge in [0.1, 0.15) is 0 Å². The van der Waals surface area contributed by atoms with Crippen LogP contribution in [0.25, 0.3) is 0 Å². The maximum absolute atomic E-state index is 8.89. The highest BCUT2D eigenvalue weighted by Crippen LogP contribution is 2.01. The van der Waals surface area contributed by atoms with Crippen LogP contribution in [0.4, 0.5) is 0 Å². The monoisotopic (exact) mass is 203 g/mol. The largest absolute Gasteiger partial charge is 0.550 e. The number of carboxylic acid groups (broad SMARTS) is 1. The van der Waals surface area contributed by atoms with Crippen molar-refractivity contribution in [2.45, 2.75) is 39.5 Å². The van der Waals surface area contributed by atoms with Gasteiger partial charge in [-0.15, -0.1) is 0 Å². The second-order valence-electron chi connectivity index (χ2n) is 4.57. The fourth-order valence-electron chi connectivity index (χ4n) is 1.01. The van der Waals surface area contributed by atoms with Crippen LogP contribution < -0.4 is 5.11 Å². The Labute approximate surface area is 88.3 Å². The van der Waals surface area contributed by atoms with E-state index in [1.165, 1.54) is 32.2 Å². The van der Waals surface area contributed by atoms with Crippen LogP contribution in [0.15, 0.2) is 0 Å². The molecule has 0 aromatic heterocycles. The summed E-state index contributed by atoms with van der Waals surface area (Å²) >= 11 is 0. The smallest absolute Gasteiger partial charge is 0.0780 e. The maximum atomic E-state index is 8.89. The van der Waals surface area contributed by atoms with E-state index in [4.69, 9.17) is 9.90 Å². The highest BCUT2D eigenvalue weighted by atomic mass is 16.4. The Balaban J connectivity index is 0. The van der Waals surface area contributed by atoms with Gasteiger partial charge in [0.15, 0.2) is 0 Å². The molecule has 0 aliphatic carbocycles. The van der Waals surface area contributed by atoms with E-state index in [0.29, 0.717) is 0 Å². The Hall–Kier alpha value is -0.570. The fraction of sp³-hybridized carbons (Fsp3) is 0.909. The molecule has 0 radical (unpaired) electrons. The van der Waals surface area contributed by atoms with Crippen LogP contribution >= 0.6 is 0 Å². The van der Waals surface area contributed by atoms with Crippen molar-refractivity contribution in [2.75, 3.05) is 27.7 Å². The number of hydrogen-bond acceptors (Lipinski definition) is 2. The standard InChI is InChI=1S/C9H22N.C2H4O2/c1-5-6-7-8-9-10(2,3)4;1-2(3)4/h5-9H2,1-4H3;1H3,(H,3,4)/q+1;/p-1. The van der Waals surface area contributed by atoms with Crippen LogP contribution in [0.5, 0.6) is 0 Å². The van der Waals surface area contributed by atoms with Crippen molar-refractivity contribution in [3.05, 3.63) is 0 Å². The third kappa shape index (κ3) is 30.1. The fourth-order valence-corrected chi connectivity index (χ4v) is 1.01. The predicted octanol–water partition coefficient (Wildman–Crippen LogP) is 1.03. The Kier molecular flexibility index (Phi) is 10.2. The van der Waals surface area contributed by atoms with Gasteiger partial charge in [0.05, 0.1) is 27.7 Å². The van der Waals surface area contributed by atoms with Crippen molar-refractivity contribution in [1.82, 2.24) is 0 Å². The summed E-state index contributed by atoms with van der Waals surface area (Å²) in [6, 6.07) is 0. The first-order valence-corrected chi connectivity index (χ1v) is 5.27. The van der Waals surface area contributed by atoms with Crippen LogP contribution in [-0.4, -0.2) is 38.1 Å². The predicted molar refractivity (Wildman–Crippen MR) is 57.7 cm³/mol. The van der Waals surface area contributed by atoms with Gasteiger partial charge in [-0.3, -0.25) is 0 Å². The van der Waals surface area contributed by atoms with Gasteiger partial charge in [-0.05, 0) is 19.8 Å². The summed E-state index contributed by atoms with van der Waals surface area (Å²) in [5.74, 6) is -1.08. The van der Waals surface area contributed by atoms with Gasteiger partial charge in [0.2, 0.25) is 0 Å². The summed E-state index contributed by atoms with van der Waals surface area (Å²) < 4.78 is 1.11. The van der Waals surface area contributed by atoms with Crippen LogP contribution in [0.1, 0.15) is 39.5 Å². The zero-order valence-corrected chi connectivity index (χ0v) is 10.3. The summed E-state index contributed by atoms with van der Waals surface area (Å²) in [5, 5.41) is 8.89. The van der Waals surface area contributed by atoms with E-state index in [2.05, 4.69) is 28.1 Å². The molecule has 0 unspecified atom stereocenters. The minimum absolute atomic E-state index is 0.972. The molecule has 0 N–H and O–H groups in total. The molecule has 0 fully saturated rings. The van der Waals surface area contributed by atoms with Gasteiger partial charge in [0.25, 0.3) is 0 Å². The second kappa shape index (κ2) is 9.00. The van der Waals surface area contributed by atoms with Crippen molar-refractivity contribution in [3.8, 4) is 0 Å². The van der Waals surface area contributed by atoms with E-state index in [9.17, 15) is 0 Å². The molecule has 0 saturated carbocycles. The van der Waals surface area contributed by atoms with Crippen LogP contribution in [0, 0.1) is 0 Å². The maximum Gasteiger partial charge on any atom is 0.0780 e. The van der Waals surface area contributed by atoms with Crippen LogP contribution in [-0.2, 0) is 4.79 Å². The lowest BCUT2D eigenvalue weighted by atomic mass is 10.2. The number of carbonyl (C=O) groups excluding carboxylic acids is 1. The van der Waals surface area contributed by atoms with E-state index < -0.39 is 5.97 Å². The summed E-state index contributed by atoms with van der Waals surface area (Å²) in [5.41, 5.74) is 0. The van der Waals surface area contributed by atoms with Crippen molar-refractivity contribution in [3.63, 3.8) is 0 Å². The van der Waals surface area contributed by atoms with E-state index >= 15 is 0 Å². The van der Waals surface area contributed by atoms with Crippen molar-refractivity contribution < 1.29 is 14.4 Å². The minimum Gasteiger partial charge on any atom is -0.550 e. The van der Waals surface area contributed by atoms with Gasteiger partial charge in [-0.1, -0.05) is 19.8 Å². The van der Waals surface area contributed by atoms with Gasteiger partial charge < -0.3 is 14.4 Å². The van der Waals surface area contributed by atoms with E-state index in [0.717, 1.165) is 11.4 Å². The number of unbranched alkanes of at least 4 members (excludes halogenated alkanes) is 3. The molecule has 3 nitrogen and oxygen atoms in total. The topological polar surface area (TPSA) is 40.1 Å². The SMILES string of the molecule is CC(=O)[O-].CCCCCC[N+](C)(C)C. The molecule has 0 amide bonds. The Morgan fingerprint density at radius 2 is 1.57 bits per heavy atom. The Bertz CT molecular complexity index is 135. The number of carboxylic acids is 1. The van der Waals surface area contributed by atoms with Crippen molar-refractivity contribution in [2.24, 2.45) is 0 Å². The summed E-state index contributed by atoms with van der Waals surface area (Å²) in [7, 11) is 6.77. The van der Waals surface area contributed by atoms with Gasteiger partial charge in [0, 0.05) is 5.97 Å². The molecular formula is C11H25NO2. The van der Waals surface area contributed by atoms with Crippen LogP contribution in [0.3, 0.4) is 0 Å². The average molecular weight is 203 g/mol. The molecule has 0 spiro atoms. The third-order valence-corrected chi connectivity index (χ3v) is 1.68. The first kappa shape index (κ1) is 15.9. The Morgan fingerprint density at radius 1 is 1.14 bits per heavy atom. The Morgan fingerprint density at radius 3 is 1.86 bits per heavy atom. The number of quaternary nitrogens is 1. The summed E-state index contributed by atoms with van der Waals surface area (Å²) in [6.07, 6.45) is 5.54. The lowest BCUT2D eigenvalue weighted by Gasteiger charge is -2.23. The molecule has 0 aromatic rings. The highest BCUT2D eigenvalue weighted by Gasteiger charge is 2.04. The van der Waals surface area contributed by atoms with Gasteiger partial charge >= 0.3 is 0 Å². The number of aliphatic carboxylic acids is 1. The molecule has 0 atom stereocenters. The molecule has 0 aromatic carbocycles. The number of nitrogens with zero attached hydrogens (tertiary/aromatic N) is 1. The van der Waals surface area contributed by atoms with Gasteiger partial charge in [-0.25, -0.2) is 0 Å². The third-order valence-electron chi connectivity index (χ3n) is 1.68. The molecule has 0 aliphatic heterocycles. The van der Waals surface area contributed by atoms with Crippen molar-refractivity contribution >= 4 is 5.97 Å². The normalized spacial score (nSPS) is 10.4. The molecule has 0 saturated heterocycles. The van der Waals surface area contributed by atoms with E-state index in [1.54, 1.807) is 0 Å². The molecule has 3 heteroatoms. The molecule has 14 heavy (non-hydrogen) atoms. The summed E-state index contributed by atoms with van der Waals surface area (Å²) in [4.78, 5) is 8.89. The van der Waals surface area contributed by atoms with E-state index in [1.807, 2.05) is 0 Å². The lowest BCUT2D eigenvalue weighted by molar-refractivity contribution is -0.870. The zero-order valence-electron chi connectivity index (χ0n) is 10.3. The number of rotatable bonds is 5. The number of carbonyl (C=O) groups is 1. The molecule has 0 heterocycles. The van der Waals surface area contributed by atoms with Crippen molar-refractivity contribution in [1.29, 1.82) is 0 Å². The molecule has 0 aliphatic rings. The minimum atomic E-state index is -1.08. The first-order chi connectivity index (χ1) is 6.29. The second-order valence-corrected chi connectivity index (χ2v) is 4.57. The van der Waals surface area contributed by atoms with E-state index in [-0.39, 0.29) is 0 Å². The highest BCUT2D eigenvalue weighted by molar-refractivity contribution is 5.60. The molecule has 0 rings (SSSR count). The van der Waals surface area contributed by atoms with Gasteiger partial charge in [-0.2, -0.15) is 0 Å². The molecule has 0 bridgehead atoms. The lowest BCUT2D eigenvalue weighted by Crippen LogP contribution is -2.35. The quantitative estimate of drug-likeness (QED) is 0.494. The molecular weight excluding hydrogens is 178 g/mol. The number of hydrogen-bond donors (Lipinski definition) is 0. The van der Waals surface area contributed by atoms with Crippen LogP contribution in [0.2, 0.25) is 0 Å². The zero-order chi connectivity index (χ0) is 11.6. The average Bonchev–Trinajstić information content (AvgIpc) is 1.95. The molecule has 86 valence electrons. The first-order valence-electron chi connectivity index (χ1n) is 5.27. The summed E-state index contributed by atoms with van der Waals surface area (Å²) in [6.45, 7) is 4.55.